The van der Waals surface area contributed by atoms with E-state index in [1.807, 2.05) is 70.2 Å². The molecule has 6 N–H and O–H groups in total. The van der Waals surface area contributed by atoms with Gasteiger partial charge in [-0.2, -0.15) is 4.79 Å². The second-order valence-corrected chi connectivity index (χ2v) is 19.4. The number of hydrogen-bond donors (Lipinski definition) is 3. The lowest BCUT2D eigenvalue weighted by Gasteiger charge is -2.34. The topological polar surface area (TPSA) is 237 Å². The van der Waals surface area contributed by atoms with Crippen LogP contribution in [0.25, 0.3) is 21.5 Å². The number of halogens is 1. The molecule has 18 heteroatoms. The molecule has 2 aliphatic heterocycles. The molecule has 2 aliphatic rings. The number of benzene rings is 4. The van der Waals surface area contributed by atoms with Gasteiger partial charge in [0.2, 0.25) is 0 Å². The fourth-order valence-electron chi connectivity index (χ4n) is 8.19. The van der Waals surface area contributed by atoms with Crippen LogP contribution in [0.5, 0.6) is 34.5 Å². The minimum Gasteiger partial charge on any atom is -0.487 e. The lowest BCUT2D eigenvalue weighted by molar-refractivity contribution is -0.377. The first kappa shape index (κ1) is 52.4. The second-order valence-electron chi connectivity index (χ2n) is 19.4. The van der Waals surface area contributed by atoms with Crippen LogP contribution in [0, 0.1) is 0 Å². The van der Waals surface area contributed by atoms with Gasteiger partial charge in [0.15, 0.2) is 28.7 Å². The highest BCUT2D eigenvalue weighted by Gasteiger charge is 2.37. The van der Waals surface area contributed by atoms with Crippen molar-refractivity contribution < 1.29 is 62.1 Å². The fourth-order valence-corrected chi connectivity index (χ4v) is 8.19. The molecule has 0 saturated heterocycles. The molecular formula is C52H61ClN5O12+. The zero-order valence-electron chi connectivity index (χ0n) is 40.8. The van der Waals surface area contributed by atoms with Crippen LogP contribution in [0.15, 0.2) is 79.5 Å². The molecule has 2 atom stereocenters. The first-order valence-corrected chi connectivity index (χ1v) is 22.8. The van der Waals surface area contributed by atoms with Gasteiger partial charge in [0.1, 0.15) is 46.6 Å². The Bertz CT molecular complexity index is 2940. The second kappa shape index (κ2) is 21.0. The maximum Gasteiger partial charge on any atom is 0.512 e. The van der Waals surface area contributed by atoms with E-state index in [1.54, 1.807) is 51.5 Å². The van der Waals surface area contributed by atoms with Gasteiger partial charge in [0.25, 0.3) is 6.33 Å². The number of H-pyrrole nitrogens is 2. The molecule has 0 spiro atoms. The number of nitrogens with zero attached hydrogens (tertiary/aromatic N) is 1. The summed E-state index contributed by atoms with van der Waals surface area (Å²) in [4.78, 5) is 68.4. The molecule has 0 radical (unpaired) electrons. The third-order valence-corrected chi connectivity index (χ3v) is 11.5. The van der Waals surface area contributed by atoms with Crippen LogP contribution >= 0.6 is 12.4 Å². The van der Waals surface area contributed by atoms with Gasteiger partial charge in [0.05, 0.1) is 0 Å². The van der Waals surface area contributed by atoms with Gasteiger partial charge in [-0.15, -0.1) is 17.0 Å². The Balaban J connectivity index is 0.000000231. The largest absolute Gasteiger partial charge is 0.512 e. The molecule has 4 heterocycles. The molecule has 6 aromatic rings. The van der Waals surface area contributed by atoms with E-state index >= 15 is 0 Å². The Morgan fingerprint density at radius 2 is 1.16 bits per heavy atom. The standard InChI is InChI=1S/C28H33N3O7.C24H26N2O5.ClH/c1-16(32)35-24-20-11-12-28(5,6)37-22(20)18-9-7-8-10-19(18)23(24)36-25(33)21(29)13-17-14-30-15-31(17)26(34)38-27(2,3)4;1-14(27)29-22-18-8-10-24(2,3)31-20(18)16-6-4-5-7-17(16)21(22)30-23(28)19(25)12-15-9-11-26-13-15;/h7-10,14-15,21H,11-13,29H2,1-6H3;4-7,9,11,13,19,26H,8,10,12,25H2,1-3H3;1H/p+1. The molecule has 0 aliphatic carbocycles. The van der Waals surface area contributed by atoms with E-state index in [1.165, 1.54) is 24.7 Å². The number of aromatic nitrogens is 3. The van der Waals surface area contributed by atoms with Crippen LogP contribution in [0.2, 0.25) is 0 Å². The van der Waals surface area contributed by atoms with Crippen LogP contribution in [-0.2, 0) is 49.6 Å². The highest BCUT2D eigenvalue weighted by molar-refractivity contribution is 6.01. The zero-order valence-corrected chi connectivity index (χ0v) is 41.6. The van der Waals surface area contributed by atoms with Crippen LogP contribution in [-0.4, -0.2) is 68.4 Å². The number of fused-ring (bicyclic) bond motifs is 6. The van der Waals surface area contributed by atoms with Gasteiger partial charge in [-0.25, -0.2) is 14.6 Å². The highest BCUT2D eigenvalue weighted by Crippen LogP contribution is 2.52. The molecular weight excluding hydrogens is 922 g/mol. The third-order valence-electron chi connectivity index (χ3n) is 11.5. The van der Waals surface area contributed by atoms with Crippen molar-refractivity contribution in [3.63, 3.8) is 0 Å². The van der Waals surface area contributed by atoms with Crippen LogP contribution < -0.4 is 44.9 Å². The van der Waals surface area contributed by atoms with Crippen molar-refractivity contribution in [1.82, 2.24) is 9.55 Å². The van der Waals surface area contributed by atoms with E-state index in [-0.39, 0.29) is 47.4 Å². The Morgan fingerprint density at radius 1 is 0.700 bits per heavy atom. The van der Waals surface area contributed by atoms with Crippen LogP contribution in [0.4, 0.5) is 4.79 Å². The Labute approximate surface area is 411 Å². The number of imidazole rings is 1. The summed E-state index contributed by atoms with van der Waals surface area (Å²) in [6.07, 6.45) is 8.85. The van der Waals surface area contributed by atoms with Crippen molar-refractivity contribution in [2.75, 3.05) is 0 Å². The summed E-state index contributed by atoms with van der Waals surface area (Å²) in [5.41, 5.74) is 13.6. The lowest BCUT2D eigenvalue weighted by Crippen LogP contribution is -2.38. The van der Waals surface area contributed by atoms with E-state index in [4.69, 9.17) is 44.6 Å². The van der Waals surface area contributed by atoms with Crippen LogP contribution in [0.3, 0.4) is 0 Å². The van der Waals surface area contributed by atoms with Gasteiger partial charge in [0, 0.05) is 65.3 Å². The summed E-state index contributed by atoms with van der Waals surface area (Å²) in [5.74, 6) is -0.492. The van der Waals surface area contributed by atoms with E-state index in [0.717, 1.165) is 28.3 Å². The SMILES string of the molecule is CC(=O)Oc1c2c(c3ccccc3c1OC(=O)C(N)Cc1c[nH+]cn1C(=O)OC(C)(C)C)OC(C)(C)CC2.CC(=O)Oc1c2c(c3ccccc3c1OC(=O)C(N)Cc1cc[nH]c1)OC(C)(C)CC2.Cl. The first-order chi connectivity index (χ1) is 32.5. The number of ether oxygens (including phenoxy) is 7. The predicted molar refractivity (Wildman–Crippen MR) is 262 cm³/mol. The average Bonchev–Trinajstić information content (AvgIpc) is 3.97. The van der Waals surface area contributed by atoms with Gasteiger partial charge in [-0.05, 0) is 92.2 Å². The fraction of sp³-hybridized carbons (Fsp3) is 0.385. The van der Waals surface area contributed by atoms with Gasteiger partial charge >= 0.3 is 30.0 Å². The van der Waals surface area contributed by atoms with Crippen molar-refractivity contribution in [2.24, 2.45) is 11.5 Å². The molecule has 2 aromatic heterocycles. The molecule has 0 amide bonds. The molecule has 0 bridgehead atoms. The number of nitrogens with two attached hydrogens (primary N) is 2. The lowest BCUT2D eigenvalue weighted by atomic mass is 9.91. The maximum atomic E-state index is 13.2. The van der Waals surface area contributed by atoms with Gasteiger partial charge < -0.3 is 49.6 Å². The van der Waals surface area contributed by atoms with E-state index < -0.39 is 53.3 Å². The Kier molecular flexibility index (Phi) is 15.7. The number of hydrogen-bond acceptors (Lipinski definition) is 14. The van der Waals surface area contributed by atoms with Crippen LogP contribution in [0.1, 0.15) is 97.5 Å². The molecule has 372 valence electrons. The van der Waals surface area contributed by atoms with Crippen molar-refractivity contribution >= 4 is 63.9 Å². The Hall–Kier alpha value is -6.95. The molecule has 8 rings (SSSR count). The van der Waals surface area contributed by atoms with Crippen molar-refractivity contribution in [3.05, 3.63) is 102 Å². The summed E-state index contributed by atoms with van der Waals surface area (Å²) in [5, 5.41) is 2.70. The predicted octanol–water partition coefficient (Wildman–Crippen LogP) is 7.84. The summed E-state index contributed by atoms with van der Waals surface area (Å²) in [6, 6.07) is 14.6. The third kappa shape index (κ3) is 12.1. The average molecular weight is 984 g/mol. The maximum absolute atomic E-state index is 13.2. The number of nitrogens with one attached hydrogen (secondary N) is 2. The van der Waals surface area contributed by atoms with E-state index in [2.05, 4.69) is 9.97 Å². The van der Waals surface area contributed by atoms with Crippen molar-refractivity contribution in [3.8, 4) is 34.5 Å². The van der Waals surface area contributed by atoms with E-state index in [9.17, 15) is 24.0 Å². The molecule has 70 heavy (non-hydrogen) atoms. The summed E-state index contributed by atoms with van der Waals surface area (Å²) in [7, 11) is 0. The van der Waals surface area contributed by atoms with Gasteiger partial charge in [-0.3, -0.25) is 9.59 Å². The molecule has 2 unspecified atom stereocenters. The quantitative estimate of drug-likeness (QED) is 0.0876. The molecule has 17 nitrogen and oxygen atoms in total. The number of aromatic amines is 2. The zero-order chi connectivity index (χ0) is 50.0. The monoisotopic (exact) mass is 982 g/mol. The molecule has 0 fully saturated rings. The normalized spacial score (nSPS) is 15.2. The number of carbonyl (C=O) groups is 5. The van der Waals surface area contributed by atoms with Crippen molar-refractivity contribution in [1.29, 1.82) is 0 Å². The van der Waals surface area contributed by atoms with Crippen molar-refractivity contribution in [2.45, 2.75) is 130 Å². The first-order valence-electron chi connectivity index (χ1n) is 22.8. The van der Waals surface area contributed by atoms with Gasteiger partial charge in [-0.1, -0.05) is 48.5 Å². The smallest absolute Gasteiger partial charge is 0.487 e. The summed E-state index contributed by atoms with van der Waals surface area (Å²) < 4.78 is 42.0. The highest BCUT2D eigenvalue weighted by atomic mass is 35.5. The Morgan fingerprint density at radius 3 is 1.59 bits per heavy atom. The van der Waals surface area contributed by atoms with E-state index in [0.29, 0.717) is 59.2 Å². The number of carbonyl (C=O) groups excluding carboxylic acids is 5. The number of esters is 4. The minimum absolute atomic E-state index is 0. The minimum atomic E-state index is -1.13. The summed E-state index contributed by atoms with van der Waals surface area (Å²) >= 11 is 0. The molecule has 0 saturated carbocycles. The molecule has 4 aromatic carbocycles. The summed E-state index contributed by atoms with van der Waals surface area (Å²) in [6.45, 7) is 15.9. The number of rotatable bonds is 10.